The summed E-state index contributed by atoms with van der Waals surface area (Å²) in [6.45, 7) is 0. The number of carbonyl (C=O) groups excluding carboxylic acids is 2. The molecule has 0 aromatic heterocycles. The first-order chi connectivity index (χ1) is 14.2. The third kappa shape index (κ3) is 3.82. The van der Waals surface area contributed by atoms with Crippen LogP contribution >= 0.6 is 11.8 Å². The highest BCUT2D eigenvalue weighted by Gasteiger charge is 2.40. The molecule has 1 aliphatic heterocycles. The summed E-state index contributed by atoms with van der Waals surface area (Å²) in [7, 11) is 1.59. The Kier molecular flexibility index (Phi) is 5.49. The van der Waals surface area contributed by atoms with Crippen molar-refractivity contribution in [3.05, 3.63) is 101 Å². The number of methoxy groups -OCH3 is 1. The van der Waals surface area contributed by atoms with Crippen LogP contribution in [0.15, 0.2) is 89.8 Å². The number of hydrogen-bond acceptors (Lipinski definition) is 4. The Hall–Kier alpha value is -3.31. The molecule has 1 heterocycles. The van der Waals surface area contributed by atoms with Crippen LogP contribution in [0, 0.1) is 0 Å². The Morgan fingerprint density at radius 2 is 1.41 bits per heavy atom. The van der Waals surface area contributed by atoms with Crippen molar-refractivity contribution < 1.29 is 14.3 Å². The number of benzene rings is 3. The van der Waals surface area contributed by atoms with Gasteiger partial charge in [0, 0.05) is 5.75 Å². The highest BCUT2D eigenvalue weighted by molar-refractivity contribution is 8.03. The van der Waals surface area contributed by atoms with E-state index in [0.29, 0.717) is 33.2 Å². The molecule has 3 aromatic rings. The van der Waals surface area contributed by atoms with Gasteiger partial charge in [-0.3, -0.25) is 9.59 Å². The van der Waals surface area contributed by atoms with E-state index in [0.717, 1.165) is 5.56 Å². The minimum atomic E-state index is -0.304. The number of thioether (sulfide) groups is 1. The van der Waals surface area contributed by atoms with Crippen LogP contribution in [-0.4, -0.2) is 18.9 Å². The second-order valence-corrected chi connectivity index (χ2v) is 7.47. The molecule has 0 saturated carbocycles. The lowest BCUT2D eigenvalue weighted by Crippen LogP contribution is -2.31. The van der Waals surface area contributed by atoms with Crippen LogP contribution in [0.5, 0.6) is 5.75 Å². The molecule has 4 rings (SSSR count). The lowest BCUT2D eigenvalue weighted by atomic mass is 10.1. The molecule has 0 N–H and O–H groups in total. The van der Waals surface area contributed by atoms with E-state index in [1.807, 2.05) is 60.7 Å². The van der Waals surface area contributed by atoms with Crippen LogP contribution in [0.25, 0.3) is 5.57 Å². The summed E-state index contributed by atoms with van der Waals surface area (Å²) in [4.78, 5) is 28.3. The van der Waals surface area contributed by atoms with E-state index in [2.05, 4.69) is 0 Å². The second-order valence-electron chi connectivity index (χ2n) is 6.49. The van der Waals surface area contributed by atoms with E-state index in [9.17, 15) is 9.59 Å². The van der Waals surface area contributed by atoms with Crippen molar-refractivity contribution in [2.75, 3.05) is 12.0 Å². The van der Waals surface area contributed by atoms with Gasteiger partial charge in [-0.25, -0.2) is 4.90 Å². The van der Waals surface area contributed by atoms with Gasteiger partial charge in [0.05, 0.1) is 23.3 Å². The van der Waals surface area contributed by atoms with Crippen LogP contribution in [0.1, 0.15) is 11.1 Å². The first kappa shape index (κ1) is 19.0. The van der Waals surface area contributed by atoms with Crippen molar-refractivity contribution in [1.29, 1.82) is 0 Å². The standard InChI is InChI=1S/C24H19NO3S/c1-28-20-14-12-18(13-15-20)21-22(29-16-17-8-4-2-5-9-17)24(27)25(23(21)26)19-10-6-3-7-11-19/h2-15H,16H2,1H3. The summed E-state index contributed by atoms with van der Waals surface area (Å²) >= 11 is 1.40. The summed E-state index contributed by atoms with van der Waals surface area (Å²) in [6, 6.07) is 26.2. The molecule has 2 amide bonds. The topological polar surface area (TPSA) is 46.6 Å². The van der Waals surface area contributed by atoms with E-state index >= 15 is 0 Å². The first-order valence-electron chi connectivity index (χ1n) is 9.18. The molecule has 0 saturated heterocycles. The third-order valence-corrected chi connectivity index (χ3v) is 5.81. The quantitative estimate of drug-likeness (QED) is 0.551. The lowest BCUT2D eigenvalue weighted by Gasteiger charge is -2.15. The maximum absolute atomic E-state index is 13.3. The number of imide groups is 1. The van der Waals surface area contributed by atoms with Crippen molar-refractivity contribution in [2.45, 2.75) is 5.75 Å². The number of hydrogen-bond donors (Lipinski definition) is 0. The fourth-order valence-corrected chi connectivity index (χ4v) is 4.26. The zero-order valence-corrected chi connectivity index (χ0v) is 16.7. The minimum Gasteiger partial charge on any atom is -0.497 e. The Labute approximate surface area is 173 Å². The van der Waals surface area contributed by atoms with Crippen molar-refractivity contribution in [3.63, 3.8) is 0 Å². The van der Waals surface area contributed by atoms with Gasteiger partial charge >= 0.3 is 0 Å². The second kappa shape index (κ2) is 8.37. The Morgan fingerprint density at radius 3 is 2.03 bits per heavy atom. The van der Waals surface area contributed by atoms with Crippen molar-refractivity contribution in [3.8, 4) is 5.75 Å². The van der Waals surface area contributed by atoms with Crippen molar-refractivity contribution in [2.24, 2.45) is 0 Å². The zero-order valence-electron chi connectivity index (χ0n) is 15.9. The molecule has 3 aromatic carbocycles. The van der Waals surface area contributed by atoms with E-state index in [-0.39, 0.29) is 11.8 Å². The number of para-hydroxylation sites is 1. The van der Waals surface area contributed by atoms with Crippen LogP contribution in [0.3, 0.4) is 0 Å². The minimum absolute atomic E-state index is 0.284. The molecule has 29 heavy (non-hydrogen) atoms. The molecule has 0 atom stereocenters. The van der Waals surface area contributed by atoms with Gasteiger partial charge in [0.1, 0.15) is 5.75 Å². The SMILES string of the molecule is COc1ccc(C2=C(SCc3ccccc3)C(=O)N(c3ccccc3)C2=O)cc1. The Bertz CT molecular complexity index is 1060. The van der Waals surface area contributed by atoms with Gasteiger partial charge in [-0.2, -0.15) is 0 Å². The molecular weight excluding hydrogens is 382 g/mol. The smallest absolute Gasteiger partial charge is 0.272 e. The summed E-state index contributed by atoms with van der Waals surface area (Å²) in [5, 5.41) is 0. The van der Waals surface area contributed by atoms with E-state index in [4.69, 9.17) is 4.74 Å². The van der Waals surface area contributed by atoms with Gasteiger partial charge < -0.3 is 4.74 Å². The van der Waals surface area contributed by atoms with Gasteiger partial charge in [-0.05, 0) is 35.4 Å². The molecule has 0 spiro atoms. The summed E-state index contributed by atoms with van der Waals surface area (Å²) < 4.78 is 5.22. The third-order valence-electron chi connectivity index (χ3n) is 4.66. The number of anilines is 1. The summed E-state index contributed by atoms with van der Waals surface area (Å²) in [6.07, 6.45) is 0. The number of ether oxygens (including phenoxy) is 1. The molecule has 0 unspecified atom stereocenters. The molecule has 0 radical (unpaired) electrons. The van der Waals surface area contributed by atoms with Gasteiger partial charge in [0.25, 0.3) is 11.8 Å². The predicted octanol–water partition coefficient (Wildman–Crippen LogP) is 4.91. The number of nitrogens with zero attached hydrogens (tertiary/aromatic N) is 1. The monoisotopic (exact) mass is 401 g/mol. The Morgan fingerprint density at radius 1 is 0.793 bits per heavy atom. The van der Waals surface area contributed by atoms with Crippen LogP contribution in [0.2, 0.25) is 0 Å². The highest BCUT2D eigenvalue weighted by Crippen LogP contribution is 2.39. The van der Waals surface area contributed by atoms with E-state index in [1.165, 1.54) is 16.7 Å². The molecule has 0 fully saturated rings. The van der Waals surface area contributed by atoms with Gasteiger partial charge in [0.2, 0.25) is 0 Å². The molecule has 144 valence electrons. The van der Waals surface area contributed by atoms with E-state index in [1.54, 1.807) is 31.4 Å². The molecular formula is C24H19NO3S. The average Bonchev–Trinajstić information content (AvgIpc) is 3.03. The normalized spacial score (nSPS) is 13.9. The summed E-state index contributed by atoms with van der Waals surface area (Å²) in [5.41, 5.74) is 2.81. The highest BCUT2D eigenvalue weighted by atomic mass is 32.2. The average molecular weight is 401 g/mol. The molecule has 4 nitrogen and oxygen atoms in total. The summed E-state index contributed by atoms with van der Waals surface area (Å²) in [5.74, 6) is 0.719. The molecule has 0 aliphatic carbocycles. The Balaban J connectivity index is 1.73. The predicted molar refractivity (Wildman–Crippen MR) is 117 cm³/mol. The first-order valence-corrected chi connectivity index (χ1v) is 10.2. The largest absolute Gasteiger partial charge is 0.497 e. The fraction of sp³-hybridized carbons (Fsp3) is 0.0833. The van der Waals surface area contributed by atoms with Gasteiger partial charge in [0.15, 0.2) is 0 Å². The van der Waals surface area contributed by atoms with Gasteiger partial charge in [-0.1, -0.05) is 60.7 Å². The lowest BCUT2D eigenvalue weighted by molar-refractivity contribution is -0.119. The maximum atomic E-state index is 13.3. The van der Waals surface area contributed by atoms with Crippen molar-refractivity contribution >= 4 is 34.8 Å². The van der Waals surface area contributed by atoms with E-state index < -0.39 is 0 Å². The van der Waals surface area contributed by atoms with Crippen molar-refractivity contribution in [1.82, 2.24) is 0 Å². The van der Waals surface area contributed by atoms with Crippen LogP contribution < -0.4 is 9.64 Å². The number of amides is 2. The molecule has 5 heteroatoms. The number of carbonyl (C=O) groups is 2. The zero-order chi connectivity index (χ0) is 20.2. The molecule has 0 bridgehead atoms. The number of rotatable bonds is 6. The van der Waals surface area contributed by atoms with Crippen LogP contribution in [-0.2, 0) is 15.3 Å². The fourth-order valence-electron chi connectivity index (χ4n) is 3.20. The van der Waals surface area contributed by atoms with Gasteiger partial charge in [-0.15, -0.1) is 11.8 Å². The van der Waals surface area contributed by atoms with Crippen LogP contribution in [0.4, 0.5) is 5.69 Å². The molecule has 1 aliphatic rings. The maximum Gasteiger partial charge on any atom is 0.272 e.